The highest BCUT2D eigenvalue weighted by molar-refractivity contribution is 6.09. The zero-order chi connectivity index (χ0) is 11.8. The van der Waals surface area contributed by atoms with E-state index in [0.29, 0.717) is 11.3 Å². The van der Waals surface area contributed by atoms with Gasteiger partial charge >= 0.3 is 0 Å². The van der Waals surface area contributed by atoms with Crippen molar-refractivity contribution in [1.82, 2.24) is 0 Å². The Labute approximate surface area is 95.2 Å². The van der Waals surface area contributed by atoms with Gasteiger partial charge in [0.1, 0.15) is 5.70 Å². The van der Waals surface area contributed by atoms with Gasteiger partial charge in [-0.15, -0.1) is 0 Å². The highest BCUT2D eigenvalue weighted by Gasteiger charge is 2.09. The van der Waals surface area contributed by atoms with Crippen LogP contribution in [0.4, 0.5) is 0 Å². The second-order valence-corrected chi connectivity index (χ2v) is 3.00. The number of carbonyl (C=O) groups excluding carboxylic acids is 1. The number of rotatable bonds is 4. The minimum absolute atomic E-state index is 0.121. The molecule has 0 aliphatic carbocycles. The third-order valence-corrected chi connectivity index (χ3v) is 1.88. The molecule has 0 atom stereocenters. The Balaban J connectivity index is 3.01. The number of hydrogen-bond donors (Lipinski definition) is 0. The molecule has 3 nitrogen and oxygen atoms in total. The van der Waals surface area contributed by atoms with Gasteiger partial charge in [-0.25, -0.2) is 0 Å². The number of benzene rings is 1. The van der Waals surface area contributed by atoms with Gasteiger partial charge in [0.2, 0.25) is 5.78 Å². The lowest BCUT2D eigenvalue weighted by Gasteiger charge is -1.99. The molecule has 0 spiro atoms. The SMILES string of the molecule is CC=N/C=C(\N=CC)C(=O)c1ccccc1. The van der Waals surface area contributed by atoms with Crippen molar-refractivity contribution in [2.75, 3.05) is 0 Å². The summed E-state index contributed by atoms with van der Waals surface area (Å²) in [4.78, 5) is 19.9. The van der Waals surface area contributed by atoms with Crippen LogP contribution in [0.25, 0.3) is 0 Å². The fourth-order valence-electron chi connectivity index (χ4n) is 1.17. The molecule has 3 heteroatoms. The van der Waals surface area contributed by atoms with Gasteiger partial charge < -0.3 is 0 Å². The third-order valence-electron chi connectivity index (χ3n) is 1.88. The van der Waals surface area contributed by atoms with E-state index in [4.69, 9.17) is 0 Å². The fraction of sp³-hybridized carbons (Fsp3) is 0.154. The maximum atomic E-state index is 12.0. The number of Topliss-reactive ketones (excluding diaryl/α,β-unsaturated/α-hetero) is 1. The Morgan fingerprint density at radius 2 is 1.81 bits per heavy atom. The van der Waals surface area contributed by atoms with Crippen molar-refractivity contribution < 1.29 is 4.79 Å². The summed E-state index contributed by atoms with van der Waals surface area (Å²) in [5.41, 5.74) is 0.956. The topological polar surface area (TPSA) is 41.8 Å². The molecule has 0 aliphatic heterocycles. The van der Waals surface area contributed by atoms with E-state index in [-0.39, 0.29) is 5.78 Å². The maximum Gasteiger partial charge on any atom is 0.212 e. The molecule has 0 bridgehead atoms. The summed E-state index contributed by atoms with van der Waals surface area (Å²) in [5, 5.41) is 0. The van der Waals surface area contributed by atoms with Crippen molar-refractivity contribution in [2.45, 2.75) is 13.8 Å². The molecule has 82 valence electrons. The highest BCUT2D eigenvalue weighted by atomic mass is 16.1. The molecule has 0 N–H and O–H groups in total. The van der Waals surface area contributed by atoms with Crippen LogP contribution < -0.4 is 0 Å². The third kappa shape index (κ3) is 3.28. The molecule has 0 amide bonds. The number of allylic oxidation sites excluding steroid dienone is 1. The Morgan fingerprint density at radius 1 is 1.12 bits per heavy atom. The van der Waals surface area contributed by atoms with Crippen molar-refractivity contribution in [3.05, 3.63) is 47.8 Å². The lowest BCUT2D eigenvalue weighted by Crippen LogP contribution is -2.01. The number of carbonyl (C=O) groups is 1. The van der Waals surface area contributed by atoms with E-state index in [1.54, 1.807) is 38.4 Å². The summed E-state index contributed by atoms with van der Waals surface area (Å²) in [6.45, 7) is 3.55. The molecule has 0 aliphatic rings. The average molecular weight is 214 g/mol. The molecular weight excluding hydrogens is 200 g/mol. The first kappa shape index (κ1) is 12.0. The molecule has 1 aromatic rings. The number of hydrogen-bond acceptors (Lipinski definition) is 3. The summed E-state index contributed by atoms with van der Waals surface area (Å²) in [6, 6.07) is 9.04. The van der Waals surface area contributed by atoms with Gasteiger partial charge in [0.25, 0.3) is 0 Å². The monoisotopic (exact) mass is 214 g/mol. The molecule has 0 unspecified atom stereocenters. The van der Waals surface area contributed by atoms with Crippen LogP contribution in [-0.4, -0.2) is 18.2 Å². The number of ketones is 1. The highest BCUT2D eigenvalue weighted by Crippen LogP contribution is 2.09. The fourth-order valence-corrected chi connectivity index (χ4v) is 1.17. The van der Waals surface area contributed by atoms with E-state index >= 15 is 0 Å². The summed E-state index contributed by atoms with van der Waals surface area (Å²) < 4.78 is 0. The minimum atomic E-state index is -0.121. The molecule has 16 heavy (non-hydrogen) atoms. The van der Waals surface area contributed by atoms with Crippen molar-refractivity contribution in [1.29, 1.82) is 0 Å². The van der Waals surface area contributed by atoms with Gasteiger partial charge in [0.05, 0.1) is 6.20 Å². The Morgan fingerprint density at radius 3 is 2.38 bits per heavy atom. The van der Waals surface area contributed by atoms with E-state index < -0.39 is 0 Å². The van der Waals surface area contributed by atoms with Crippen LogP contribution in [0.5, 0.6) is 0 Å². The summed E-state index contributed by atoms with van der Waals surface area (Å²) in [7, 11) is 0. The number of nitrogens with zero attached hydrogens (tertiary/aromatic N) is 2. The van der Waals surface area contributed by atoms with Crippen molar-refractivity contribution >= 4 is 18.2 Å². The van der Waals surface area contributed by atoms with E-state index in [1.165, 1.54) is 6.20 Å². The minimum Gasteiger partial charge on any atom is -0.287 e. The zero-order valence-electron chi connectivity index (χ0n) is 9.42. The quantitative estimate of drug-likeness (QED) is 0.431. The standard InChI is InChI=1S/C13H14N2O/c1-3-14-10-12(15-4-2)13(16)11-8-6-5-7-9-11/h3-10H,1-2H3/b12-10-,14-3?,15-4?. The molecule has 0 saturated carbocycles. The van der Waals surface area contributed by atoms with Crippen molar-refractivity contribution in [3.63, 3.8) is 0 Å². The van der Waals surface area contributed by atoms with E-state index in [2.05, 4.69) is 9.98 Å². The molecule has 1 rings (SSSR count). The maximum absolute atomic E-state index is 12.0. The molecule has 0 fully saturated rings. The molecule has 0 aromatic heterocycles. The van der Waals surface area contributed by atoms with Gasteiger partial charge in [-0.3, -0.25) is 14.8 Å². The van der Waals surface area contributed by atoms with Crippen LogP contribution in [0.1, 0.15) is 24.2 Å². The lowest BCUT2D eigenvalue weighted by atomic mass is 10.1. The zero-order valence-corrected chi connectivity index (χ0v) is 9.42. The predicted octanol–water partition coefficient (Wildman–Crippen LogP) is 2.89. The van der Waals surface area contributed by atoms with Crippen LogP contribution in [0.2, 0.25) is 0 Å². The van der Waals surface area contributed by atoms with Gasteiger partial charge in [0, 0.05) is 18.0 Å². The van der Waals surface area contributed by atoms with Crippen LogP contribution in [0, 0.1) is 0 Å². The Bertz CT molecular complexity index is 431. The molecule has 0 radical (unpaired) electrons. The van der Waals surface area contributed by atoms with Crippen LogP contribution >= 0.6 is 0 Å². The molecule has 0 heterocycles. The predicted molar refractivity (Wildman–Crippen MR) is 67.2 cm³/mol. The smallest absolute Gasteiger partial charge is 0.212 e. The van der Waals surface area contributed by atoms with Gasteiger partial charge in [-0.2, -0.15) is 0 Å². The first-order valence-corrected chi connectivity index (χ1v) is 5.06. The van der Waals surface area contributed by atoms with Gasteiger partial charge in [0.15, 0.2) is 0 Å². The number of aliphatic imine (C=N–C) groups is 2. The first-order chi connectivity index (χ1) is 7.79. The molecule has 1 aromatic carbocycles. The normalized spacial score (nSPS) is 12.5. The first-order valence-electron chi connectivity index (χ1n) is 5.06. The second kappa shape index (κ2) is 6.45. The average Bonchev–Trinajstić information content (AvgIpc) is 2.35. The van der Waals surface area contributed by atoms with Gasteiger partial charge in [-0.1, -0.05) is 30.3 Å². The van der Waals surface area contributed by atoms with Crippen LogP contribution in [-0.2, 0) is 0 Å². The van der Waals surface area contributed by atoms with E-state index in [9.17, 15) is 4.79 Å². The molecular formula is C13H14N2O. The molecule has 0 saturated heterocycles. The van der Waals surface area contributed by atoms with Crippen molar-refractivity contribution in [2.24, 2.45) is 9.98 Å². The van der Waals surface area contributed by atoms with Gasteiger partial charge in [-0.05, 0) is 13.8 Å². The lowest BCUT2D eigenvalue weighted by molar-refractivity contribution is 0.103. The summed E-state index contributed by atoms with van der Waals surface area (Å²) >= 11 is 0. The van der Waals surface area contributed by atoms with Crippen LogP contribution in [0.15, 0.2) is 52.2 Å². The van der Waals surface area contributed by atoms with E-state index in [1.807, 2.05) is 18.2 Å². The summed E-state index contributed by atoms with van der Waals surface area (Å²) in [6.07, 6.45) is 4.66. The van der Waals surface area contributed by atoms with Crippen molar-refractivity contribution in [3.8, 4) is 0 Å². The largest absolute Gasteiger partial charge is 0.287 e. The second-order valence-electron chi connectivity index (χ2n) is 3.00. The summed E-state index contributed by atoms with van der Waals surface area (Å²) in [5.74, 6) is -0.121. The Kier molecular flexibility index (Phi) is 4.86. The van der Waals surface area contributed by atoms with Crippen LogP contribution in [0.3, 0.4) is 0 Å². The van der Waals surface area contributed by atoms with E-state index in [0.717, 1.165) is 0 Å². The Hall–Kier alpha value is -2.03.